The molecule has 1 fully saturated rings. The molecule has 0 aliphatic carbocycles. The normalized spacial score (nSPS) is 17.6. The smallest absolute Gasteiger partial charge is 0.295 e. The highest BCUT2D eigenvalue weighted by molar-refractivity contribution is 6.46. The number of likely N-dealkylation sites (tertiary alicyclic amines) is 1. The average Bonchev–Trinajstić information content (AvgIpc) is 3.06. The summed E-state index contributed by atoms with van der Waals surface area (Å²) in [5.41, 5.74) is 1.85. The molecule has 1 aliphatic heterocycles. The summed E-state index contributed by atoms with van der Waals surface area (Å²) in [6.07, 6.45) is 3.29. The number of Topliss-reactive ketones (excluding diaryl/α,β-unsaturated/α-hetero) is 1. The van der Waals surface area contributed by atoms with Crippen LogP contribution in [0.5, 0.6) is 5.75 Å². The van der Waals surface area contributed by atoms with E-state index in [2.05, 4.69) is 4.98 Å². The number of hydrogen-bond acceptors (Lipinski definition) is 5. The second-order valence-electron chi connectivity index (χ2n) is 7.28. The molecule has 0 bridgehead atoms. The van der Waals surface area contributed by atoms with Gasteiger partial charge in [-0.2, -0.15) is 0 Å². The second kappa shape index (κ2) is 9.24. The maximum atomic E-state index is 13.1. The summed E-state index contributed by atoms with van der Waals surface area (Å²) in [4.78, 5) is 31.6. The first-order valence-corrected chi connectivity index (χ1v) is 10.5. The van der Waals surface area contributed by atoms with Crippen molar-refractivity contribution in [1.29, 1.82) is 0 Å². The van der Waals surface area contributed by atoms with E-state index in [1.807, 2.05) is 43.3 Å². The van der Waals surface area contributed by atoms with Crippen molar-refractivity contribution >= 4 is 29.1 Å². The van der Waals surface area contributed by atoms with Crippen LogP contribution in [0.15, 0.2) is 78.6 Å². The standard InChI is InChI=1S/C25H21ClN2O4/c1-2-32-20-11-10-18(13-19(20)26)23(29)21-22(17-8-4-3-5-9-17)28(25(31)24(21)30)15-16-7-6-12-27-14-16/h3-14,22,29H,2,15H2,1H3/t22-/m1/s1. The Balaban J connectivity index is 1.83. The van der Waals surface area contributed by atoms with Gasteiger partial charge in [-0.15, -0.1) is 0 Å². The lowest BCUT2D eigenvalue weighted by Crippen LogP contribution is -2.29. The summed E-state index contributed by atoms with van der Waals surface area (Å²) < 4.78 is 5.44. The summed E-state index contributed by atoms with van der Waals surface area (Å²) >= 11 is 6.29. The first-order valence-electron chi connectivity index (χ1n) is 10.2. The van der Waals surface area contributed by atoms with E-state index in [0.29, 0.717) is 28.5 Å². The van der Waals surface area contributed by atoms with Crippen LogP contribution in [-0.2, 0) is 16.1 Å². The summed E-state index contributed by atoms with van der Waals surface area (Å²) in [5, 5.41) is 11.4. The Morgan fingerprint density at radius 1 is 1.12 bits per heavy atom. The monoisotopic (exact) mass is 448 g/mol. The third-order valence-corrected chi connectivity index (χ3v) is 5.53. The fourth-order valence-electron chi connectivity index (χ4n) is 3.79. The molecule has 1 amide bonds. The van der Waals surface area contributed by atoms with Crippen LogP contribution in [0, 0.1) is 0 Å². The van der Waals surface area contributed by atoms with Gasteiger partial charge < -0.3 is 14.7 Å². The average molecular weight is 449 g/mol. The topological polar surface area (TPSA) is 79.7 Å². The van der Waals surface area contributed by atoms with Gasteiger partial charge in [0.05, 0.1) is 23.2 Å². The van der Waals surface area contributed by atoms with E-state index in [1.165, 1.54) is 11.0 Å². The van der Waals surface area contributed by atoms with Gasteiger partial charge in [-0.25, -0.2) is 0 Å². The molecule has 0 radical (unpaired) electrons. The van der Waals surface area contributed by atoms with Crippen molar-refractivity contribution in [3.63, 3.8) is 0 Å². The molecule has 0 spiro atoms. The Kier molecular flexibility index (Phi) is 6.23. The highest BCUT2D eigenvalue weighted by Gasteiger charge is 2.46. The minimum absolute atomic E-state index is 0.0188. The molecule has 2 aromatic carbocycles. The zero-order chi connectivity index (χ0) is 22.7. The minimum atomic E-state index is -0.748. The maximum Gasteiger partial charge on any atom is 0.295 e. The van der Waals surface area contributed by atoms with Crippen molar-refractivity contribution in [2.75, 3.05) is 6.61 Å². The molecule has 6 nitrogen and oxygen atoms in total. The van der Waals surface area contributed by atoms with E-state index in [1.54, 1.807) is 30.6 Å². The fraction of sp³-hybridized carbons (Fsp3) is 0.160. The number of amides is 1. The van der Waals surface area contributed by atoms with Gasteiger partial charge in [-0.1, -0.05) is 48.0 Å². The Labute approximate surface area is 190 Å². The van der Waals surface area contributed by atoms with Gasteiger partial charge in [0, 0.05) is 24.5 Å². The van der Waals surface area contributed by atoms with Crippen LogP contribution in [0.4, 0.5) is 0 Å². The number of ketones is 1. The summed E-state index contributed by atoms with van der Waals surface area (Å²) in [7, 11) is 0. The lowest BCUT2D eigenvalue weighted by atomic mass is 9.95. The SMILES string of the molecule is CCOc1ccc(C(O)=C2C(=O)C(=O)N(Cc3cccnc3)[C@@H]2c2ccccc2)cc1Cl. The summed E-state index contributed by atoms with van der Waals surface area (Å²) in [5.74, 6) is -1.23. The van der Waals surface area contributed by atoms with Gasteiger partial charge in [0.1, 0.15) is 11.5 Å². The minimum Gasteiger partial charge on any atom is -0.507 e. The largest absolute Gasteiger partial charge is 0.507 e. The Morgan fingerprint density at radius 3 is 2.56 bits per heavy atom. The first-order chi connectivity index (χ1) is 15.5. The molecule has 162 valence electrons. The van der Waals surface area contributed by atoms with Crippen LogP contribution < -0.4 is 4.74 Å². The van der Waals surface area contributed by atoms with Crippen molar-refractivity contribution in [2.45, 2.75) is 19.5 Å². The van der Waals surface area contributed by atoms with E-state index in [0.717, 1.165) is 5.56 Å². The van der Waals surface area contributed by atoms with Crippen LogP contribution in [-0.4, -0.2) is 33.3 Å². The Hall–Kier alpha value is -3.64. The van der Waals surface area contributed by atoms with Gasteiger partial charge in [-0.3, -0.25) is 14.6 Å². The molecular weight excluding hydrogens is 428 g/mol. The van der Waals surface area contributed by atoms with Crippen molar-refractivity contribution in [3.8, 4) is 5.75 Å². The van der Waals surface area contributed by atoms with E-state index in [9.17, 15) is 14.7 Å². The fourth-order valence-corrected chi connectivity index (χ4v) is 4.02. The lowest BCUT2D eigenvalue weighted by molar-refractivity contribution is -0.140. The third kappa shape index (κ3) is 4.09. The molecule has 7 heteroatoms. The molecule has 1 saturated heterocycles. The number of halogens is 1. The molecule has 0 unspecified atom stereocenters. The lowest BCUT2D eigenvalue weighted by Gasteiger charge is -2.25. The number of carbonyl (C=O) groups is 2. The van der Waals surface area contributed by atoms with Crippen LogP contribution in [0.1, 0.15) is 29.7 Å². The molecule has 3 aromatic rings. The van der Waals surface area contributed by atoms with Crippen molar-refractivity contribution in [1.82, 2.24) is 9.88 Å². The highest BCUT2D eigenvalue weighted by atomic mass is 35.5. The van der Waals surface area contributed by atoms with Gasteiger partial charge in [-0.05, 0) is 42.3 Å². The molecular formula is C25H21ClN2O4. The molecule has 1 aliphatic rings. The van der Waals surface area contributed by atoms with Crippen molar-refractivity contribution in [2.24, 2.45) is 0 Å². The molecule has 1 atom stereocenters. The highest BCUT2D eigenvalue weighted by Crippen LogP contribution is 2.41. The van der Waals surface area contributed by atoms with Crippen LogP contribution >= 0.6 is 11.6 Å². The first kappa shape index (κ1) is 21.6. The van der Waals surface area contributed by atoms with Gasteiger partial charge in [0.2, 0.25) is 0 Å². The van der Waals surface area contributed by atoms with Gasteiger partial charge in [0.25, 0.3) is 11.7 Å². The predicted octanol–water partition coefficient (Wildman–Crippen LogP) is 4.76. The maximum absolute atomic E-state index is 13.1. The number of aromatic nitrogens is 1. The van der Waals surface area contributed by atoms with Crippen LogP contribution in [0.3, 0.4) is 0 Å². The van der Waals surface area contributed by atoms with E-state index in [4.69, 9.17) is 16.3 Å². The van der Waals surface area contributed by atoms with Crippen molar-refractivity contribution in [3.05, 3.63) is 100 Å². The second-order valence-corrected chi connectivity index (χ2v) is 7.68. The summed E-state index contributed by atoms with van der Waals surface area (Å²) in [6.45, 7) is 2.46. The van der Waals surface area contributed by atoms with Crippen molar-refractivity contribution < 1.29 is 19.4 Å². The molecule has 2 heterocycles. The Morgan fingerprint density at radius 2 is 1.91 bits per heavy atom. The number of pyridine rings is 1. The number of aliphatic hydroxyl groups is 1. The summed E-state index contributed by atoms with van der Waals surface area (Å²) in [6, 6.07) is 16.8. The number of aliphatic hydroxyl groups excluding tert-OH is 1. The number of rotatable bonds is 6. The van der Waals surface area contributed by atoms with Crippen LogP contribution in [0.2, 0.25) is 5.02 Å². The predicted molar refractivity (Wildman–Crippen MR) is 121 cm³/mol. The number of carbonyl (C=O) groups excluding carboxylic acids is 2. The van der Waals surface area contributed by atoms with E-state index >= 15 is 0 Å². The molecule has 4 rings (SSSR count). The van der Waals surface area contributed by atoms with Gasteiger partial charge >= 0.3 is 0 Å². The zero-order valence-corrected chi connectivity index (χ0v) is 18.1. The van der Waals surface area contributed by atoms with E-state index < -0.39 is 17.7 Å². The van der Waals surface area contributed by atoms with E-state index in [-0.39, 0.29) is 17.9 Å². The number of hydrogen-bond donors (Lipinski definition) is 1. The third-order valence-electron chi connectivity index (χ3n) is 5.24. The number of benzene rings is 2. The quantitative estimate of drug-likeness (QED) is 0.334. The molecule has 1 N–H and O–H groups in total. The molecule has 0 saturated carbocycles. The number of nitrogens with zero attached hydrogens (tertiary/aromatic N) is 2. The Bertz CT molecular complexity index is 1180. The zero-order valence-electron chi connectivity index (χ0n) is 17.4. The number of ether oxygens (including phenoxy) is 1. The molecule has 1 aromatic heterocycles. The van der Waals surface area contributed by atoms with Crippen LogP contribution in [0.25, 0.3) is 5.76 Å². The molecule has 32 heavy (non-hydrogen) atoms. The van der Waals surface area contributed by atoms with Gasteiger partial charge in [0.15, 0.2) is 0 Å².